The first kappa shape index (κ1) is 19.7. The summed E-state index contributed by atoms with van der Waals surface area (Å²) in [6, 6.07) is 12.5. The number of aliphatic hydroxyl groups excluding tert-OH is 1. The fourth-order valence-corrected chi connectivity index (χ4v) is 5.67. The summed E-state index contributed by atoms with van der Waals surface area (Å²) in [7, 11) is 0. The predicted octanol–water partition coefficient (Wildman–Crippen LogP) is 2.67. The molecule has 1 aromatic heterocycles. The number of aliphatic hydroxyl groups is 2. The van der Waals surface area contributed by atoms with Gasteiger partial charge in [-0.2, -0.15) is 0 Å². The van der Waals surface area contributed by atoms with Gasteiger partial charge in [-0.25, -0.2) is 4.39 Å². The van der Waals surface area contributed by atoms with Gasteiger partial charge in [0.25, 0.3) is 0 Å². The predicted molar refractivity (Wildman–Crippen MR) is 112 cm³/mol. The number of hydrogen-bond acceptors (Lipinski definition) is 6. The minimum absolute atomic E-state index is 0.0256. The fraction of sp³-hybridized carbons (Fsp3) is 0.409. The summed E-state index contributed by atoms with van der Waals surface area (Å²) in [5.41, 5.74) is -0.228. The minimum atomic E-state index is -0.903. The van der Waals surface area contributed by atoms with Crippen LogP contribution in [0.25, 0.3) is 10.2 Å². The second-order valence-corrected chi connectivity index (χ2v) is 9.41. The first-order valence-electron chi connectivity index (χ1n) is 10.1. The largest absolute Gasteiger partial charge is 0.490 e. The Hall–Kier alpha value is -2.26. The van der Waals surface area contributed by atoms with Crippen molar-refractivity contribution in [1.82, 2.24) is 9.88 Å². The molecule has 2 aromatic carbocycles. The van der Waals surface area contributed by atoms with Crippen LogP contribution in [0, 0.1) is 11.7 Å². The number of thiazole rings is 1. The molecular formula is C22H23FN2O4S. The van der Waals surface area contributed by atoms with Crippen molar-refractivity contribution in [2.45, 2.75) is 30.7 Å². The molecule has 0 unspecified atom stereocenters. The van der Waals surface area contributed by atoms with Gasteiger partial charge in [-0.15, -0.1) is 0 Å². The third-order valence-corrected chi connectivity index (χ3v) is 7.06. The zero-order chi connectivity index (χ0) is 20.9. The normalized spacial score (nSPS) is 27.4. The van der Waals surface area contributed by atoms with E-state index >= 15 is 0 Å². The highest BCUT2D eigenvalue weighted by molar-refractivity contribution is 7.16. The first-order valence-corrected chi connectivity index (χ1v) is 10.9. The van der Waals surface area contributed by atoms with E-state index in [0.29, 0.717) is 36.3 Å². The van der Waals surface area contributed by atoms with E-state index < -0.39 is 17.5 Å². The summed E-state index contributed by atoms with van der Waals surface area (Å²) >= 11 is 0.925. The second kappa shape index (κ2) is 7.46. The summed E-state index contributed by atoms with van der Waals surface area (Å²) in [6.07, 6.45) is 0.384. The van der Waals surface area contributed by atoms with Gasteiger partial charge in [0.15, 0.2) is 0 Å². The SMILES string of the molecule is O=c1[nH]c2c(F)cc([C@H](O)CN3C[C@H]4C[C@H](Oc5ccccc5)C[C@@]4(O)C3)cc2s1. The van der Waals surface area contributed by atoms with Gasteiger partial charge in [0.05, 0.1) is 21.9 Å². The van der Waals surface area contributed by atoms with Crippen LogP contribution >= 0.6 is 11.3 Å². The minimum Gasteiger partial charge on any atom is -0.490 e. The Kier molecular flexibility index (Phi) is 4.89. The number of para-hydroxylation sites is 1. The maximum absolute atomic E-state index is 14.3. The standard InChI is InChI=1S/C22H23FN2O4S/c23-17-6-13(7-19-20(17)24-21(27)30-19)18(26)11-25-10-14-8-16(9-22(14,28)12-25)29-15-4-2-1-3-5-15/h1-7,14,16,18,26,28H,8-12H2,(H,24,27)/t14-,16+,18-,22-/m1/s1. The molecule has 2 fully saturated rings. The van der Waals surface area contributed by atoms with Gasteiger partial charge in [-0.3, -0.25) is 9.69 Å². The van der Waals surface area contributed by atoms with Crippen molar-refractivity contribution in [2.24, 2.45) is 5.92 Å². The van der Waals surface area contributed by atoms with E-state index in [0.717, 1.165) is 23.5 Å². The van der Waals surface area contributed by atoms with Crippen molar-refractivity contribution in [3.63, 3.8) is 0 Å². The van der Waals surface area contributed by atoms with Crippen molar-refractivity contribution >= 4 is 21.6 Å². The number of nitrogens with zero attached hydrogens (tertiary/aromatic N) is 1. The highest BCUT2D eigenvalue weighted by atomic mass is 32.1. The third kappa shape index (κ3) is 3.65. The lowest BCUT2D eigenvalue weighted by molar-refractivity contribution is 0.0178. The molecule has 3 aromatic rings. The molecule has 2 aliphatic rings. The van der Waals surface area contributed by atoms with E-state index in [-0.39, 0.29) is 22.4 Å². The Balaban J connectivity index is 1.23. The van der Waals surface area contributed by atoms with Crippen LogP contribution in [0.15, 0.2) is 47.3 Å². The number of β-amino-alcohol motifs (C(OH)–C–C–N with tert-alkyl or cyclic N) is 2. The molecule has 1 saturated heterocycles. The zero-order valence-electron chi connectivity index (χ0n) is 16.3. The lowest BCUT2D eigenvalue weighted by Gasteiger charge is -2.25. The van der Waals surface area contributed by atoms with Gasteiger partial charge >= 0.3 is 4.87 Å². The lowest BCUT2D eigenvalue weighted by atomic mass is 9.95. The van der Waals surface area contributed by atoms with E-state index in [2.05, 4.69) is 4.98 Å². The third-order valence-electron chi connectivity index (χ3n) is 6.23. The Morgan fingerprint density at radius 1 is 1.33 bits per heavy atom. The molecule has 4 atom stereocenters. The van der Waals surface area contributed by atoms with Crippen LogP contribution in [0.2, 0.25) is 0 Å². The Labute approximate surface area is 176 Å². The van der Waals surface area contributed by atoms with Gasteiger partial charge in [-0.05, 0) is 36.2 Å². The molecule has 8 heteroatoms. The van der Waals surface area contributed by atoms with Crippen molar-refractivity contribution in [3.05, 3.63) is 63.5 Å². The first-order chi connectivity index (χ1) is 14.4. The Morgan fingerprint density at radius 2 is 2.13 bits per heavy atom. The molecule has 5 rings (SSSR count). The van der Waals surface area contributed by atoms with E-state index in [4.69, 9.17) is 4.74 Å². The zero-order valence-corrected chi connectivity index (χ0v) is 17.1. The number of benzene rings is 2. The van der Waals surface area contributed by atoms with Crippen LogP contribution in [0.1, 0.15) is 24.5 Å². The van der Waals surface area contributed by atoms with Crippen LogP contribution in [0.4, 0.5) is 4.39 Å². The number of aromatic amines is 1. The number of rotatable bonds is 5. The van der Waals surface area contributed by atoms with Gasteiger partial charge < -0.3 is 19.9 Å². The maximum atomic E-state index is 14.3. The van der Waals surface area contributed by atoms with Crippen molar-refractivity contribution in [1.29, 1.82) is 0 Å². The number of likely N-dealkylation sites (tertiary alicyclic amines) is 1. The molecule has 1 saturated carbocycles. The number of aromatic nitrogens is 1. The van der Waals surface area contributed by atoms with Crippen LogP contribution in [-0.4, -0.2) is 51.4 Å². The van der Waals surface area contributed by atoms with Gasteiger partial charge in [-0.1, -0.05) is 29.5 Å². The number of halogens is 1. The lowest BCUT2D eigenvalue weighted by Crippen LogP contribution is -2.36. The topological polar surface area (TPSA) is 85.8 Å². The van der Waals surface area contributed by atoms with E-state index in [1.807, 2.05) is 35.2 Å². The van der Waals surface area contributed by atoms with Crippen LogP contribution < -0.4 is 9.61 Å². The maximum Gasteiger partial charge on any atom is 0.305 e. The highest BCUT2D eigenvalue weighted by Crippen LogP contribution is 2.43. The highest BCUT2D eigenvalue weighted by Gasteiger charge is 2.52. The number of nitrogens with one attached hydrogen (secondary N) is 1. The average molecular weight is 431 g/mol. The Morgan fingerprint density at radius 3 is 2.90 bits per heavy atom. The van der Waals surface area contributed by atoms with E-state index in [1.54, 1.807) is 6.07 Å². The molecule has 1 aliphatic heterocycles. The summed E-state index contributed by atoms with van der Waals surface area (Å²) in [5.74, 6) is 0.341. The number of ether oxygens (including phenoxy) is 1. The average Bonchev–Trinajstić information content (AvgIpc) is 3.30. The monoisotopic (exact) mass is 430 g/mol. The van der Waals surface area contributed by atoms with Gasteiger partial charge in [0.1, 0.15) is 17.7 Å². The summed E-state index contributed by atoms with van der Waals surface area (Å²) in [5, 5.41) is 21.8. The molecular weight excluding hydrogens is 407 g/mol. The molecule has 158 valence electrons. The summed E-state index contributed by atoms with van der Waals surface area (Å²) in [4.78, 5) is 15.6. The molecule has 6 nitrogen and oxygen atoms in total. The van der Waals surface area contributed by atoms with Crippen molar-refractivity contribution in [3.8, 4) is 5.75 Å². The number of fused-ring (bicyclic) bond motifs is 2. The number of hydrogen-bond donors (Lipinski definition) is 3. The number of H-pyrrole nitrogens is 1. The molecule has 30 heavy (non-hydrogen) atoms. The van der Waals surface area contributed by atoms with Crippen molar-refractivity contribution in [2.75, 3.05) is 19.6 Å². The molecule has 2 heterocycles. The van der Waals surface area contributed by atoms with Crippen LogP contribution in [0.5, 0.6) is 5.75 Å². The summed E-state index contributed by atoms with van der Waals surface area (Å²) in [6.45, 7) is 1.41. The Bertz CT molecular complexity index is 1120. The summed E-state index contributed by atoms with van der Waals surface area (Å²) < 4.78 is 20.8. The molecule has 0 amide bonds. The van der Waals surface area contributed by atoms with Crippen LogP contribution in [-0.2, 0) is 0 Å². The molecule has 0 bridgehead atoms. The van der Waals surface area contributed by atoms with Crippen molar-refractivity contribution < 1.29 is 19.3 Å². The molecule has 0 spiro atoms. The van der Waals surface area contributed by atoms with Gasteiger partial charge in [0.2, 0.25) is 0 Å². The molecule has 1 aliphatic carbocycles. The van der Waals surface area contributed by atoms with E-state index in [9.17, 15) is 19.4 Å². The quantitative estimate of drug-likeness (QED) is 0.580. The molecule has 0 radical (unpaired) electrons. The van der Waals surface area contributed by atoms with E-state index in [1.165, 1.54) is 6.07 Å². The van der Waals surface area contributed by atoms with Crippen LogP contribution in [0.3, 0.4) is 0 Å². The fourth-order valence-electron chi connectivity index (χ4n) is 4.88. The second-order valence-electron chi connectivity index (χ2n) is 8.39. The van der Waals surface area contributed by atoms with Gasteiger partial charge in [0, 0.05) is 32.0 Å². The molecule has 3 N–H and O–H groups in total. The smallest absolute Gasteiger partial charge is 0.305 e.